The van der Waals surface area contributed by atoms with Gasteiger partial charge in [-0.2, -0.15) is 0 Å². The van der Waals surface area contributed by atoms with E-state index in [9.17, 15) is 18.8 Å². The molecule has 4 aromatic rings. The van der Waals surface area contributed by atoms with Gasteiger partial charge in [0.2, 0.25) is 0 Å². The van der Waals surface area contributed by atoms with Gasteiger partial charge in [-0.3, -0.25) is 19.3 Å². The van der Waals surface area contributed by atoms with E-state index in [0.29, 0.717) is 34.1 Å². The largest absolute Gasteiger partial charge is 0.493 e. The van der Waals surface area contributed by atoms with Crippen LogP contribution in [0, 0.1) is 5.82 Å². The van der Waals surface area contributed by atoms with E-state index in [1.54, 1.807) is 60.7 Å². The van der Waals surface area contributed by atoms with Gasteiger partial charge in [-0.05, 0) is 77.0 Å². The minimum absolute atomic E-state index is 0.138. The molecule has 4 aromatic carbocycles. The molecule has 5 rings (SSSR count). The fraction of sp³-hybridized carbons (Fsp3) is 0.147. The lowest BCUT2D eigenvalue weighted by molar-refractivity contribution is -0.123. The van der Waals surface area contributed by atoms with E-state index in [1.807, 2.05) is 24.3 Å². The molecule has 1 fully saturated rings. The SMILES string of the molecule is COc1cc(C=O)ccc1OCc1cccc(COc2ccc(/C=C3\SC(=O)N(Cc4ccccc4F)C3=O)cc2OC)c1. The number of rotatable bonds is 12. The van der Waals surface area contributed by atoms with E-state index in [4.69, 9.17) is 18.9 Å². The van der Waals surface area contributed by atoms with E-state index < -0.39 is 17.0 Å². The third-order valence-corrected chi connectivity index (χ3v) is 7.66. The number of aldehydes is 1. The summed E-state index contributed by atoms with van der Waals surface area (Å²) in [7, 11) is 3.03. The molecule has 0 radical (unpaired) electrons. The van der Waals surface area contributed by atoms with Crippen molar-refractivity contribution in [1.82, 2.24) is 4.90 Å². The molecular weight excluding hydrogens is 585 g/mol. The smallest absolute Gasteiger partial charge is 0.293 e. The van der Waals surface area contributed by atoms with Crippen LogP contribution in [0.4, 0.5) is 9.18 Å². The molecule has 2 amide bonds. The van der Waals surface area contributed by atoms with Crippen LogP contribution < -0.4 is 18.9 Å². The van der Waals surface area contributed by atoms with Crippen LogP contribution in [0.3, 0.4) is 0 Å². The van der Waals surface area contributed by atoms with Crippen LogP contribution in [0.25, 0.3) is 6.08 Å². The summed E-state index contributed by atoms with van der Waals surface area (Å²) in [5.41, 5.74) is 3.23. The number of nitrogens with zero attached hydrogens (tertiary/aromatic N) is 1. The maximum Gasteiger partial charge on any atom is 0.293 e. The van der Waals surface area contributed by atoms with Crippen molar-refractivity contribution < 1.29 is 37.7 Å². The molecule has 1 saturated heterocycles. The van der Waals surface area contributed by atoms with Crippen molar-refractivity contribution in [3.05, 3.63) is 123 Å². The Kier molecular flexibility index (Phi) is 9.61. The van der Waals surface area contributed by atoms with Crippen molar-refractivity contribution in [3.63, 3.8) is 0 Å². The average Bonchev–Trinajstić information content (AvgIpc) is 3.31. The molecule has 0 aliphatic carbocycles. The summed E-state index contributed by atoms with van der Waals surface area (Å²) in [4.78, 5) is 37.8. The molecule has 0 N–H and O–H groups in total. The monoisotopic (exact) mass is 613 g/mol. The molecule has 0 saturated carbocycles. The maximum atomic E-state index is 14.1. The highest BCUT2D eigenvalue weighted by atomic mass is 32.2. The number of carbonyl (C=O) groups is 3. The minimum Gasteiger partial charge on any atom is -0.493 e. The van der Waals surface area contributed by atoms with Crippen LogP contribution in [0.5, 0.6) is 23.0 Å². The highest BCUT2D eigenvalue weighted by molar-refractivity contribution is 8.18. The number of carbonyl (C=O) groups excluding carboxylic acids is 3. The summed E-state index contributed by atoms with van der Waals surface area (Å²) < 4.78 is 36.9. The Morgan fingerprint density at radius 3 is 1.98 bits per heavy atom. The molecule has 0 atom stereocenters. The standard InChI is InChI=1S/C34H28FNO7S/c1-40-30-15-22(17-32-33(38)36(34(39)44-32)18-26-8-3-4-9-27(26)35)10-12-28(30)42-20-24-6-5-7-25(14-24)21-43-29-13-11-23(19-37)16-31(29)41-2/h3-17,19H,18,20-21H2,1-2H3/b32-17-. The first-order valence-electron chi connectivity index (χ1n) is 13.5. The summed E-state index contributed by atoms with van der Waals surface area (Å²) in [6, 6.07) is 24.0. The molecule has 8 nitrogen and oxygen atoms in total. The Labute approximate surface area is 258 Å². The van der Waals surface area contributed by atoms with E-state index in [0.717, 1.165) is 34.1 Å². The molecule has 10 heteroatoms. The summed E-state index contributed by atoms with van der Waals surface area (Å²) in [5.74, 6) is 0.998. The van der Waals surface area contributed by atoms with Crippen molar-refractivity contribution >= 4 is 35.3 Å². The number of thioether (sulfide) groups is 1. The molecule has 1 heterocycles. The number of benzene rings is 4. The lowest BCUT2D eigenvalue weighted by Gasteiger charge is -2.13. The normalized spacial score (nSPS) is 13.7. The lowest BCUT2D eigenvalue weighted by Crippen LogP contribution is -2.27. The Hall–Kier alpha value is -5.09. The first kappa shape index (κ1) is 30.4. The zero-order chi connectivity index (χ0) is 31.1. The highest BCUT2D eigenvalue weighted by Crippen LogP contribution is 2.36. The lowest BCUT2D eigenvalue weighted by atomic mass is 10.1. The van der Waals surface area contributed by atoms with Gasteiger partial charge in [0.1, 0.15) is 25.3 Å². The van der Waals surface area contributed by atoms with Gasteiger partial charge in [0, 0.05) is 11.1 Å². The predicted molar refractivity (Wildman–Crippen MR) is 164 cm³/mol. The van der Waals surface area contributed by atoms with Gasteiger partial charge >= 0.3 is 0 Å². The molecule has 0 unspecified atom stereocenters. The molecule has 1 aliphatic heterocycles. The fourth-order valence-corrected chi connectivity index (χ4v) is 5.32. The van der Waals surface area contributed by atoms with E-state index >= 15 is 0 Å². The minimum atomic E-state index is -0.483. The van der Waals surface area contributed by atoms with Crippen LogP contribution in [0.1, 0.15) is 32.6 Å². The predicted octanol–water partition coefficient (Wildman–Crippen LogP) is 7.05. The van der Waals surface area contributed by atoms with E-state index in [1.165, 1.54) is 20.3 Å². The number of amides is 2. The van der Waals surface area contributed by atoms with Gasteiger partial charge in [0.15, 0.2) is 23.0 Å². The molecule has 0 aromatic heterocycles. The number of hydrogen-bond donors (Lipinski definition) is 0. The van der Waals surface area contributed by atoms with Crippen LogP contribution in [-0.4, -0.2) is 36.6 Å². The Balaban J connectivity index is 1.23. The second kappa shape index (κ2) is 13.9. The maximum absolute atomic E-state index is 14.1. The molecule has 44 heavy (non-hydrogen) atoms. The quantitative estimate of drug-likeness (QED) is 0.124. The van der Waals surface area contributed by atoms with Crippen molar-refractivity contribution in [2.24, 2.45) is 0 Å². The van der Waals surface area contributed by atoms with Gasteiger partial charge in [0.25, 0.3) is 11.1 Å². The molecule has 0 spiro atoms. The molecule has 1 aliphatic rings. The summed E-state index contributed by atoms with van der Waals surface area (Å²) in [5, 5.41) is -0.459. The second-order valence-electron chi connectivity index (χ2n) is 9.70. The van der Waals surface area contributed by atoms with Gasteiger partial charge in [-0.25, -0.2) is 4.39 Å². The summed E-state index contributed by atoms with van der Waals surface area (Å²) >= 11 is 0.807. The van der Waals surface area contributed by atoms with Crippen molar-refractivity contribution in [3.8, 4) is 23.0 Å². The fourth-order valence-electron chi connectivity index (χ4n) is 4.49. The highest BCUT2D eigenvalue weighted by Gasteiger charge is 2.35. The molecular formula is C34H28FNO7S. The molecule has 0 bridgehead atoms. The van der Waals surface area contributed by atoms with Gasteiger partial charge < -0.3 is 18.9 Å². The third kappa shape index (κ3) is 7.09. The van der Waals surface area contributed by atoms with E-state index in [-0.39, 0.29) is 30.2 Å². The summed E-state index contributed by atoms with van der Waals surface area (Å²) in [6.45, 7) is 0.408. The number of hydrogen-bond acceptors (Lipinski definition) is 8. The first-order valence-corrected chi connectivity index (χ1v) is 14.3. The topological polar surface area (TPSA) is 91.4 Å². The number of methoxy groups -OCH3 is 2. The van der Waals surface area contributed by atoms with Crippen molar-refractivity contribution in [2.75, 3.05) is 14.2 Å². The Bertz CT molecular complexity index is 1740. The number of imide groups is 1. The van der Waals surface area contributed by atoms with E-state index in [2.05, 4.69) is 0 Å². The molecule has 224 valence electrons. The zero-order valence-corrected chi connectivity index (χ0v) is 24.8. The first-order chi connectivity index (χ1) is 21.4. The van der Waals surface area contributed by atoms with Crippen LogP contribution in [-0.2, 0) is 24.6 Å². The summed E-state index contributed by atoms with van der Waals surface area (Å²) in [6.07, 6.45) is 2.35. The van der Waals surface area contributed by atoms with Gasteiger partial charge in [-0.15, -0.1) is 0 Å². The van der Waals surface area contributed by atoms with Crippen molar-refractivity contribution in [2.45, 2.75) is 19.8 Å². The van der Waals surface area contributed by atoms with Gasteiger partial charge in [-0.1, -0.05) is 42.5 Å². The third-order valence-electron chi connectivity index (χ3n) is 6.75. The Morgan fingerprint density at radius 1 is 0.750 bits per heavy atom. The number of ether oxygens (including phenoxy) is 4. The van der Waals surface area contributed by atoms with Crippen LogP contribution in [0.2, 0.25) is 0 Å². The Morgan fingerprint density at radius 2 is 1.36 bits per heavy atom. The van der Waals surface area contributed by atoms with Crippen LogP contribution in [0.15, 0.2) is 89.8 Å². The second-order valence-corrected chi connectivity index (χ2v) is 10.7. The van der Waals surface area contributed by atoms with Gasteiger partial charge in [0.05, 0.1) is 25.7 Å². The average molecular weight is 614 g/mol. The zero-order valence-electron chi connectivity index (χ0n) is 24.0. The number of halogens is 1. The van der Waals surface area contributed by atoms with Crippen molar-refractivity contribution in [1.29, 1.82) is 0 Å². The van der Waals surface area contributed by atoms with Crippen LogP contribution >= 0.6 is 11.8 Å².